The van der Waals surface area contributed by atoms with Gasteiger partial charge in [-0.1, -0.05) is 41.9 Å². The van der Waals surface area contributed by atoms with Gasteiger partial charge in [0.2, 0.25) is 17.8 Å². The highest BCUT2D eigenvalue weighted by molar-refractivity contribution is 7.99. The van der Waals surface area contributed by atoms with Gasteiger partial charge < -0.3 is 16.4 Å². The molecule has 7 nitrogen and oxygen atoms in total. The van der Waals surface area contributed by atoms with Crippen LogP contribution in [-0.4, -0.2) is 32.7 Å². The molecule has 0 bridgehead atoms. The number of carbonyl (C=O) groups excluding carboxylic acids is 1. The Hall–Kier alpha value is -2.84. The zero-order valence-corrected chi connectivity index (χ0v) is 18.1. The maximum atomic E-state index is 12.3. The molecule has 0 spiro atoms. The summed E-state index contributed by atoms with van der Waals surface area (Å²) in [4.78, 5) is 25.0. The SMILES string of the molecule is C[C@@H](SCc1nc(N)nc(Nc2ccc(Cl)cc2)n1)C(=O)NCCc1ccccc1. The first-order chi connectivity index (χ1) is 14.5. The van der Waals surface area contributed by atoms with Gasteiger partial charge in [-0.05, 0) is 43.2 Å². The number of aromatic nitrogens is 3. The number of hydrogen-bond donors (Lipinski definition) is 3. The molecule has 1 heterocycles. The molecular formula is C21H23ClN6OS. The Morgan fingerprint density at radius 1 is 1.10 bits per heavy atom. The van der Waals surface area contributed by atoms with Crippen LogP contribution in [0.5, 0.6) is 0 Å². The van der Waals surface area contributed by atoms with Gasteiger partial charge in [-0.25, -0.2) is 0 Å². The van der Waals surface area contributed by atoms with Crippen LogP contribution >= 0.6 is 23.4 Å². The molecule has 1 amide bonds. The van der Waals surface area contributed by atoms with Crippen molar-refractivity contribution in [3.8, 4) is 0 Å². The lowest BCUT2D eigenvalue weighted by Gasteiger charge is -2.12. The van der Waals surface area contributed by atoms with Crippen molar-refractivity contribution >= 4 is 46.9 Å². The Bertz CT molecular complexity index is 971. The number of anilines is 3. The Morgan fingerprint density at radius 3 is 2.57 bits per heavy atom. The molecule has 2 aromatic carbocycles. The highest BCUT2D eigenvalue weighted by Crippen LogP contribution is 2.19. The third kappa shape index (κ3) is 6.89. The van der Waals surface area contributed by atoms with Crippen molar-refractivity contribution in [3.05, 3.63) is 71.0 Å². The van der Waals surface area contributed by atoms with E-state index in [1.165, 1.54) is 17.3 Å². The average molecular weight is 443 g/mol. The molecule has 9 heteroatoms. The molecule has 1 atom stereocenters. The summed E-state index contributed by atoms with van der Waals surface area (Å²) >= 11 is 7.34. The lowest BCUT2D eigenvalue weighted by molar-refractivity contribution is -0.120. The van der Waals surface area contributed by atoms with Crippen LogP contribution in [0.15, 0.2) is 54.6 Å². The van der Waals surface area contributed by atoms with Crippen molar-refractivity contribution in [1.82, 2.24) is 20.3 Å². The molecule has 3 aromatic rings. The van der Waals surface area contributed by atoms with Gasteiger partial charge in [0.05, 0.1) is 11.0 Å². The van der Waals surface area contributed by atoms with Gasteiger partial charge in [0.15, 0.2) is 0 Å². The van der Waals surface area contributed by atoms with Gasteiger partial charge in [0, 0.05) is 17.3 Å². The average Bonchev–Trinajstić information content (AvgIpc) is 2.74. The monoisotopic (exact) mass is 442 g/mol. The summed E-state index contributed by atoms with van der Waals surface area (Å²) < 4.78 is 0. The first-order valence-corrected chi connectivity index (χ1v) is 10.9. The van der Waals surface area contributed by atoms with Crippen molar-refractivity contribution in [2.75, 3.05) is 17.6 Å². The van der Waals surface area contributed by atoms with Crippen molar-refractivity contribution in [1.29, 1.82) is 0 Å². The Balaban J connectivity index is 1.49. The Labute approximate surface area is 184 Å². The zero-order valence-electron chi connectivity index (χ0n) is 16.5. The van der Waals surface area contributed by atoms with Crippen LogP contribution in [0.3, 0.4) is 0 Å². The second-order valence-electron chi connectivity index (χ2n) is 6.55. The largest absolute Gasteiger partial charge is 0.368 e. The van der Waals surface area contributed by atoms with Gasteiger partial charge in [0.1, 0.15) is 5.82 Å². The van der Waals surface area contributed by atoms with Gasteiger partial charge in [0.25, 0.3) is 0 Å². The van der Waals surface area contributed by atoms with Crippen LogP contribution in [0, 0.1) is 0 Å². The molecule has 0 aliphatic carbocycles. The van der Waals surface area contributed by atoms with E-state index in [-0.39, 0.29) is 17.1 Å². The number of rotatable bonds is 9. The number of amides is 1. The van der Waals surface area contributed by atoms with E-state index in [9.17, 15) is 4.79 Å². The first kappa shape index (κ1) is 21.9. The normalized spacial score (nSPS) is 11.7. The van der Waals surface area contributed by atoms with Crippen LogP contribution < -0.4 is 16.4 Å². The van der Waals surface area contributed by atoms with Crippen LogP contribution in [0.25, 0.3) is 0 Å². The van der Waals surface area contributed by atoms with Crippen LogP contribution in [0.2, 0.25) is 5.02 Å². The molecule has 156 valence electrons. The molecule has 0 aliphatic rings. The molecule has 3 rings (SSSR count). The topological polar surface area (TPSA) is 106 Å². The number of nitrogens with zero attached hydrogens (tertiary/aromatic N) is 3. The number of nitrogen functional groups attached to an aromatic ring is 1. The van der Waals surface area contributed by atoms with Crippen molar-refractivity contribution in [2.45, 2.75) is 24.3 Å². The maximum Gasteiger partial charge on any atom is 0.232 e. The van der Waals surface area contributed by atoms with E-state index in [2.05, 4.69) is 25.6 Å². The predicted octanol–water partition coefficient (Wildman–Crippen LogP) is 3.83. The van der Waals surface area contributed by atoms with E-state index >= 15 is 0 Å². The fourth-order valence-electron chi connectivity index (χ4n) is 2.61. The summed E-state index contributed by atoms with van der Waals surface area (Å²) in [6.45, 7) is 2.46. The van der Waals surface area contributed by atoms with Crippen LogP contribution in [-0.2, 0) is 17.0 Å². The first-order valence-electron chi connectivity index (χ1n) is 9.46. The smallest absolute Gasteiger partial charge is 0.232 e. The molecule has 1 aromatic heterocycles. The lowest BCUT2D eigenvalue weighted by atomic mass is 10.1. The van der Waals surface area contributed by atoms with Gasteiger partial charge in [-0.2, -0.15) is 15.0 Å². The lowest BCUT2D eigenvalue weighted by Crippen LogP contribution is -2.32. The number of benzene rings is 2. The van der Waals surface area contributed by atoms with Crippen molar-refractivity contribution in [2.24, 2.45) is 0 Å². The molecular weight excluding hydrogens is 420 g/mol. The summed E-state index contributed by atoms with van der Waals surface area (Å²) in [7, 11) is 0. The molecule has 0 fully saturated rings. The third-order valence-corrected chi connectivity index (χ3v) is 5.58. The van der Waals surface area contributed by atoms with Gasteiger partial charge in [-0.3, -0.25) is 4.79 Å². The third-order valence-electron chi connectivity index (χ3n) is 4.19. The number of nitrogens with one attached hydrogen (secondary N) is 2. The minimum Gasteiger partial charge on any atom is -0.368 e. The molecule has 0 unspecified atom stereocenters. The van der Waals surface area contributed by atoms with Crippen LogP contribution in [0.1, 0.15) is 18.3 Å². The maximum absolute atomic E-state index is 12.3. The number of hydrogen-bond acceptors (Lipinski definition) is 7. The minimum absolute atomic E-state index is 0.0162. The van der Waals surface area contributed by atoms with E-state index in [1.807, 2.05) is 49.4 Å². The Kier molecular flexibility index (Phi) is 7.87. The summed E-state index contributed by atoms with van der Waals surface area (Å²) in [6.07, 6.45) is 0.799. The molecule has 0 radical (unpaired) electrons. The molecule has 30 heavy (non-hydrogen) atoms. The number of carbonyl (C=O) groups is 1. The number of nitrogens with two attached hydrogens (primary N) is 1. The molecule has 0 aliphatic heterocycles. The zero-order chi connectivity index (χ0) is 21.3. The summed E-state index contributed by atoms with van der Waals surface area (Å²) in [5, 5.41) is 6.44. The van der Waals surface area contributed by atoms with E-state index in [1.54, 1.807) is 12.1 Å². The molecule has 0 saturated heterocycles. The van der Waals surface area contributed by atoms with E-state index in [0.717, 1.165) is 12.1 Å². The fraction of sp³-hybridized carbons (Fsp3) is 0.238. The van der Waals surface area contributed by atoms with Gasteiger partial charge in [-0.15, -0.1) is 11.8 Å². The quantitative estimate of drug-likeness (QED) is 0.462. The summed E-state index contributed by atoms with van der Waals surface area (Å²) in [5.41, 5.74) is 7.79. The van der Waals surface area contributed by atoms with E-state index in [0.29, 0.717) is 29.1 Å². The van der Waals surface area contributed by atoms with Crippen LogP contribution in [0.4, 0.5) is 17.6 Å². The number of thioether (sulfide) groups is 1. The number of halogens is 1. The minimum atomic E-state index is -0.244. The standard InChI is InChI=1S/C21H23ClN6OS/c1-14(19(29)24-12-11-15-5-3-2-4-6-15)30-13-18-26-20(23)28-21(27-18)25-17-9-7-16(22)8-10-17/h2-10,14H,11-13H2,1H3,(H,24,29)(H3,23,25,26,27,28)/t14-/m1/s1. The van der Waals surface area contributed by atoms with E-state index < -0.39 is 0 Å². The van der Waals surface area contributed by atoms with Crippen molar-refractivity contribution in [3.63, 3.8) is 0 Å². The second-order valence-corrected chi connectivity index (χ2v) is 8.31. The van der Waals surface area contributed by atoms with E-state index in [4.69, 9.17) is 17.3 Å². The Morgan fingerprint density at radius 2 is 1.83 bits per heavy atom. The second kappa shape index (κ2) is 10.8. The van der Waals surface area contributed by atoms with Crippen molar-refractivity contribution < 1.29 is 4.79 Å². The highest BCUT2D eigenvalue weighted by Gasteiger charge is 2.14. The molecule has 0 saturated carbocycles. The van der Waals surface area contributed by atoms with Gasteiger partial charge >= 0.3 is 0 Å². The molecule has 4 N–H and O–H groups in total. The summed E-state index contributed by atoms with van der Waals surface area (Å²) in [6, 6.07) is 17.2. The highest BCUT2D eigenvalue weighted by atomic mass is 35.5. The predicted molar refractivity (Wildman–Crippen MR) is 123 cm³/mol. The fourth-order valence-corrected chi connectivity index (χ4v) is 3.50. The summed E-state index contributed by atoms with van der Waals surface area (Å²) in [5.74, 6) is 1.40.